The second-order valence-electron chi connectivity index (χ2n) is 6.15. The second-order valence-corrected chi connectivity index (χ2v) is 6.15. The number of amides is 1. The van der Waals surface area contributed by atoms with Crippen molar-refractivity contribution in [1.82, 2.24) is 4.90 Å². The molecule has 0 bridgehead atoms. The van der Waals surface area contributed by atoms with E-state index in [-0.39, 0.29) is 11.6 Å². The van der Waals surface area contributed by atoms with Crippen molar-refractivity contribution >= 4 is 17.3 Å². The van der Waals surface area contributed by atoms with Crippen LogP contribution in [0.15, 0.2) is 18.2 Å². The third-order valence-corrected chi connectivity index (χ3v) is 4.21. The molecule has 1 aromatic rings. The zero-order chi connectivity index (χ0) is 15.4. The molecule has 0 unspecified atom stereocenters. The van der Waals surface area contributed by atoms with Crippen LogP contribution in [-0.4, -0.2) is 30.4 Å². The van der Waals surface area contributed by atoms with E-state index < -0.39 is 5.82 Å². The number of nitrogens with two attached hydrogens (primary N) is 1. The molecule has 4 nitrogen and oxygen atoms in total. The first-order chi connectivity index (χ1) is 9.95. The normalized spacial score (nSPS) is 17.1. The van der Waals surface area contributed by atoms with E-state index in [2.05, 4.69) is 24.1 Å². The maximum absolute atomic E-state index is 13.6. The van der Waals surface area contributed by atoms with Gasteiger partial charge in [-0.05, 0) is 56.0 Å². The van der Waals surface area contributed by atoms with Gasteiger partial charge in [0.1, 0.15) is 5.82 Å². The SMILES string of the molecule is CC(C)C1CCN(CC(=O)Nc2cc(N)ccc2F)CC1. The summed E-state index contributed by atoms with van der Waals surface area (Å²) < 4.78 is 13.6. The largest absolute Gasteiger partial charge is 0.399 e. The summed E-state index contributed by atoms with van der Waals surface area (Å²) in [7, 11) is 0. The Morgan fingerprint density at radius 2 is 2.10 bits per heavy atom. The van der Waals surface area contributed by atoms with Crippen LogP contribution < -0.4 is 11.1 Å². The predicted octanol–water partition coefficient (Wildman–Crippen LogP) is 2.71. The molecular formula is C16H24FN3O. The van der Waals surface area contributed by atoms with Crippen LogP contribution in [0.5, 0.6) is 0 Å². The second kappa shape index (κ2) is 6.89. The lowest BCUT2D eigenvalue weighted by molar-refractivity contribution is -0.117. The Bertz CT molecular complexity index is 496. The Kier molecular flexibility index (Phi) is 5.17. The van der Waals surface area contributed by atoms with Crippen LogP contribution in [0.4, 0.5) is 15.8 Å². The number of carbonyl (C=O) groups excluding carboxylic acids is 1. The Morgan fingerprint density at radius 1 is 1.43 bits per heavy atom. The molecule has 0 spiro atoms. The predicted molar refractivity (Wildman–Crippen MR) is 83.4 cm³/mol. The van der Waals surface area contributed by atoms with E-state index in [0.717, 1.165) is 31.8 Å². The van der Waals surface area contributed by atoms with Gasteiger partial charge in [0.25, 0.3) is 0 Å². The zero-order valence-electron chi connectivity index (χ0n) is 12.7. The molecule has 0 aromatic heterocycles. The summed E-state index contributed by atoms with van der Waals surface area (Å²) >= 11 is 0. The standard InChI is InChI=1S/C16H24FN3O/c1-11(2)12-5-7-20(8-6-12)10-16(21)19-15-9-13(18)3-4-14(15)17/h3-4,9,11-12H,5-8,10,18H2,1-2H3,(H,19,21). The quantitative estimate of drug-likeness (QED) is 0.839. The van der Waals surface area contributed by atoms with Gasteiger partial charge in [-0.15, -0.1) is 0 Å². The van der Waals surface area contributed by atoms with Gasteiger partial charge < -0.3 is 11.1 Å². The van der Waals surface area contributed by atoms with Crippen LogP contribution in [0.2, 0.25) is 0 Å². The number of nitrogen functional groups attached to an aromatic ring is 1. The number of nitrogens with zero attached hydrogens (tertiary/aromatic N) is 1. The van der Waals surface area contributed by atoms with E-state index in [1.165, 1.54) is 18.2 Å². The number of carbonyl (C=O) groups is 1. The van der Waals surface area contributed by atoms with Crippen LogP contribution in [0.25, 0.3) is 0 Å². The molecule has 21 heavy (non-hydrogen) atoms. The molecule has 5 heteroatoms. The molecule has 1 aromatic carbocycles. The van der Waals surface area contributed by atoms with E-state index in [9.17, 15) is 9.18 Å². The molecule has 0 radical (unpaired) electrons. The lowest BCUT2D eigenvalue weighted by Gasteiger charge is -2.33. The van der Waals surface area contributed by atoms with Crippen molar-refractivity contribution in [3.63, 3.8) is 0 Å². The van der Waals surface area contributed by atoms with Gasteiger partial charge in [-0.25, -0.2) is 4.39 Å². The van der Waals surface area contributed by atoms with Crippen molar-refractivity contribution in [2.24, 2.45) is 11.8 Å². The third-order valence-electron chi connectivity index (χ3n) is 4.21. The summed E-state index contributed by atoms with van der Waals surface area (Å²) in [5.74, 6) is 0.789. The van der Waals surface area contributed by atoms with E-state index in [0.29, 0.717) is 18.2 Å². The molecule has 3 N–H and O–H groups in total. The van der Waals surface area contributed by atoms with E-state index >= 15 is 0 Å². The number of halogens is 1. The highest BCUT2D eigenvalue weighted by Gasteiger charge is 2.22. The van der Waals surface area contributed by atoms with Gasteiger partial charge in [-0.2, -0.15) is 0 Å². The number of rotatable bonds is 4. The summed E-state index contributed by atoms with van der Waals surface area (Å²) in [5, 5.41) is 2.60. The highest BCUT2D eigenvalue weighted by atomic mass is 19.1. The smallest absolute Gasteiger partial charge is 0.238 e. The van der Waals surface area contributed by atoms with Crippen molar-refractivity contribution in [2.45, 2.75) is 26.7 Å². The van der Waals surface area contributed by atoms with Crippen LogP contribution in [-0.2, 0) is 4.79 Å². The Balaban J connectivity index is 1.84. The number of nitrogens with one attached hydrogen (secondary N) is 1. The van der Waals surface area contributed by atoms with Gasteiger partial charge in [0.05, 0.1) is 12.2 Å². The average molecular weight is 293 g/mol. The first kappa shape index (κ1) is 15.8. The monoisotopic (exact) mass is 293 g/mol. The Labute approximate surface area is 125 Å². The molecule has 0 aliphatic carbocycles. The minimum absolute atomic E-state index is 0.150. The van der Waals surface area contributed by atoms with Crippen molar-refractivity contribution in [3.05, 3.63) is 24.0 Å². The van der Waals surface area contributed by atoms with E-state index in [1.807, 2.05) is 0 Å². The van der Waals surface area contributed by atoms with Crippen LogP contribution in [0.1, 0.15) is 26.7 Å². The minimum atomic E-state index is -0.462. The van der Waals surface area contributed by atoms with Crippen molar-refractivity contribution < 1.29 is 9.18 Å². The van der Waals surface area contributed by atoms with Crippen LogP contribution in [0, 0.1) is 17.7 Å². The van der Waals surface area contributed by atoms with Crippen molar-refractivity contribution in [2.75, 3.05) is 30.7 Å². The molecular weight excluding hydrogens is 269 g/mol. The molecule has 1 aliphatic rings. The highest BCUT2D eigenvalue weighted by Crippen LogP contribution is 2.24. The summed E-state index contributed by atoms with van der Waals surface area (Å²) in [6, 6.07) is 4.18. The molecule has 1 heterocycles. The molecule has 2 rings (SSSR count). The molecule has 116 valence electrons. The molecule has 1 amide bonds. The fourth-order valence-electron chi connectivity index (χ4n) is 2.81. The summed E-state index contributed by atoms with van der Waals surface area (Å²) in [4.78, 5) is 14.1. The van der Waals surface area contributed by atoms with E-state index in [1.54, 1.807) is 0 Å². The van der Waals surface area contributed by atoms with Gasteiger partial charge in [-0.1, -0.05) is 13.8 Å². The van der Waals surface area contributed by atoms with Gasteiger partial charge in [0.15, 0.2) is 0 Å². The number of piperidine rings is 1. The number of hydrogen-bond acceptors (Lipinski definition) is 3. The minimum Gasteiger partial charge on any atom is -0.399 e. The number of anilines is 2. The van der Waals surface area contributed by atoms with Gasteiger partial charge in [0, 0.05) is 5.69 Å². The van der Waals surface area contributed by atoms with Gasteiger partial charge >= 0.3 is 0 Å². The highest BCUT2D eigenvalue weighted by molar-refractivity contribution is 5.92. The molecule has 0 atom stereocenters. The third kappa shape index (κ3) is 4.43. The van der Waals surface area contributed by atoms with Crippen LogP contribution in [0.3, 0.4) is 0 Å². The lowest BCUT2D eigenvalue weighted by atomic mass is 9.87. The van der Waals surface area contributed by atoms with Crippen molar-refractivity contribution in [3.8, 4) is 0 Å². The first-order valence-electron chi connectivity index (χ1n) is 7.53. The lowest BCUT2D eigenvalue weighted by Crippen LogP contribution is -2.40. The molecule has 1 aliphatic heterocycles. The molecule has 1 saturated heterocycles. The average Bonchev–Trinajstić information content (AvgIpc) is 2.43. The molecule has 1 fully saturated rings. The zero-order valence-corrected chi connectivity index (χ0v) is 12.7. The maximum atomic E-state index is 13.6. The fraction of sp³-hybridized carbons (Fsp3) is 0.562. The summed E-state index contributed by atoms with van der Waals surface area (Å²) in [5.41, 5.74) is 6.19. The summed E-state index contributed by atoms with van der Waals surface area (Å²) in [6.45, 7) is 6.65. The topological polar surface area (TPSA) is 58.4 Å². The fourth-order valence-corrected chi connectivity index (χ4v) is 2.81. The van der Waals surface area contributed by atoms with Gasteiger partial charge in [-0.3, -0.25) is 9.69 Å². The number of hydrogen-bond donors (Lipinski definition) is 2. The Morgan fingerprint density at radius 3 is 2.71 bits per heavy atom. The van der Waals surface area contributed by atoms with E-state index in [4.69, 9.17) is 5.73 Å². The molecule has 0 saturated carbocycles. The maximum Gasteiger partial charge on any atom is 0.238 e. The van der Waals surface area contributed by atoms with Gasteiger partial charge in [0.2, 0.25) is 5.91 Å². The number of benzene rings is 1. The number of likely N-dealkylation sites (tertiary alicyclic amines) is 1. The first-order valence-corrected chi connectivity index (χ1v) is 7.53. The van der Waals surface area contributed by atoms with Crippen LogP contribution >= 0.6 is 0 Å². The van der Waals surface area contributed by atoms with Crippen molar-refractivity contribution in [1.29, 1.82) is 0 Å². The summed E-state index contributed by atoms with van der Waals surface area (Å²) in [6.07, 6.45) is 2.25. The Hall–Kier alpha value is -1.62.